The third-order valence-electron chi connectivity index (χ3n) is 2.22. The fourth-order valence-electron chi connectivity index (χ4n) is 1.44. The van der Waals surface area contributed by atoms with Crippen LogP contribution in [0.2, 0.25) is 0 Å². The molecule has 0 aliphatic rings. The van der Waals surface area contributed by atoms with E-state index in [2.05, 4.69) is 9.97 Å². The number of thioether (sulfide) groups is 1. The molecule has 0 spiro atoms. The van der Waals surface area contributed by atoms with E-state index in [0.29, 0.717) is 10.4 Å². The summed E-state index contributed by atoms with van der Waals surface area (Å²) in [4.78, 5) is 37.6. The standard InChI is InChI=1S/C9H7N3O4S/c1-17-7-3-5-4(2-6(7)12(15)16)10-8(13)9(14)11-5/h2-3H,1H3,(H,10,13)(H,11,14). The third-order valence-corrected chi connectivity index (χ3v) is 2.99. The minimum absolute atomic E-state index is 0.104. The van der Waals surface area contributed by atoms with Gasteiger partial charge in [0.2, 0.25) is 0 Å². The number of nitro benzene ring substituents is 1. The summed E-state index contributed by atoms with van der Waals surface area (Å²) in [6, 6.07) is 2.70. The highest BCUT2D eigenvalue weighted by atomic mass is 32.2. The van der Waals surface area contributed by atoms with Gasteiger partial charge >= 0.3 is 11.1 Å². The largest absolute Gasteiger partial charge is 0.316 e. The van der Waals surface area contributed by atoms with Gasteiger partial charge in [-0.3, -0.25) is 19.7 Å². The Kier molecular flexibility index (Phi) is 2.72. The topological polar surface area (TPSA) is 109 Å². The molecular weight excluding hydrogens is 246 g/mol. The first kappa shape index (κ1) is 11.4. The quantitative estimate of drug-likeness (QED) is 0.357. The van der Waals surface area contributed by atoms with Crippen molar-refractivity contribution in [1.29, 1.82) is 0 Å². The van der Waals surface area contributed by atoms with E-state index in [9.17, 15) is 19.7 Å². The van der Waals surface area contributed by atoms with Crippen LogP contribution in [0.15, 0.2) is 26.6 Å². The first-order valence-corrected chi connectivity index (χ1v) is 5.74. The Labute approximate surface area is 98.0 Å². The summed E-state index contributed by atoms with van der Waals surface area (Å²) >= 11 is 1.19. The molecule has 0 saturated carbocycles. The summed E-state index contributed by atoms with van der Waals surface area (Å²) in [5, 5.41) is 10.8. The van der Waals surface area contributed by atoms with Crippen LogP contribution in [0, 0.1) is 10.1 Å². The molecule has 0 amide bonds. The average molecular weight is 253 g/mol. The first-order valence-electron chi connectivity index (χ1n) is 4.51. The number of rotatable bonds is 2. The number of fused-ring (bicyclic) bond motifs is 1. The van der Waals surface area contributed by atoms with E-state index in [0.717, 1.165) is 0 Å². The van der Waals surface area contributed by atoms with Crippen LogP contribution in [0.5, 0.6) is 0 Å². The van der Waals surface area contributed by atoms with Gasteiger partial charge < -0.3 is 9.97 Å². The lowest BCUT2D eigenvalue weighted by Gasteiger charge is -2.02. The van der Waals surface area contributed by atoms with Crippen molar-refractivity contribution in [2.75, 3.05) is 6.26 Å². The van der Waals surface area contributed by atoms with Gasteiger partial charge in [-0.15, -0.1) is 11.8 Å². The van der Waals surface area contributed by atoms with Crippen LogP contribution in [0.1, 0.15) is 0 Å². The van der Waals surface area contributed by atoms with E-state index in [4.69, 9.17) is 0 Å². The molecule has 1 heterocycles. The van der Waals surface area contributed by atoms with Gasteiger partial charge in [-0.25, -0.2) is 0 Å². The zero-order valence-corrected chi connectivity index (χ0v) is 9.46. The number of nitrogens with one attached hydrogen (secondary N) is 2. The van der Waals surface area contributed by atoms with Crippen LogP contribution >= 0.6 is 11.8 Å². The van der Waals surface area contributed by atoms with Gasteiger partial charge in [0.15, 0.2) is 0 Å². The summed E-state index contributed by atoms with van der Waals surface area (Å²) in [5.74, 6) is 0. The van der Waals surface area contributed by atoms with Crippen LogP contribution in [-0.4, -0.2) is 21.1 Å². The smallest absolute Gasteiger partial charge is 0.314 e. The van der Waals surface area contributed by atoms with Gasteiger partial charge in [0.1, 0.15) is 0 Å². The second-order valence-corrected chi connectivity index (χ2v) is 4.08. The molecular formula is C9H7N3O4S. The van der Waals surface area contributed by atoms with E-state index in [1.165, 1.54) is 23.9 Å². The van der Waals surface area contributed by atoms with E-state index in [1.54, 1.807) is 6.26 Å². The molecule has 88 valence electrons. The molecule has 0 aliphatic carbocycles. The Morgan fingerprint density at radius 1 is 1.18 bits per heavy atom. The molecule has 7 nitrogen and oxygen atoms in total. The number of hydrogen-bond donors (Lipinski definition) is 2. The summed E-state index contributed by atoms with van der Waals surface area (Å²) < 4.78 is 0. The van der Waals surface area contributed by atoms with Gasteiger partial charge in [0, 0.05) is 6.07 Å². The lowest BCUT2D eigenvalue weighted by atomic mass is 10.2. The molecule has 2 aromatic rings. The minimum Gasteiger partial charge on any atom is -0.316 e. The molecule has 0 atom stereocenters. The highest BCUT2D eigenvalue weighted by Crippen LogP contribution is 2.29. The molecule has 1 aromatic heterocycles. The molecule has 0 bridgehead atoms. The van der Waals surface area contributed by atoms with Crippen molar-refractivity contribution >= 4 is 28.5 Å². The van der Waals surface area contributed by atoms with Crippen LogP contribution in [0.25, 0.3) is 11.0 Å². The van der Waals surface area contributed by atoms with Crippen molar-refractivity contribution < 1.29 is 4.92 Å². The number of benzene rings is 1. The van der Waals surface area contributed by atoms with E-state index < -0.39 is 16.0 Å². The zero-order chi connectivity index (χ0) is 12.6. The number of nitro groups is 1. The average Bonchev–Trinajstić information content (AvgIpc) is 2.29. The number of hydrogen-bond acceptors (Lipinski definition) is 5. The van der Waals surface area contributed by atoms with Crippen molar-refractivity contribution in [1.82, 2.24) is 9.97 Å². The Morgan fingerprint density at radius 2 is 1.71 bits per heavy atom. The molecule has 8 heteroatoms. The monoisotopic (exact) mass is 253 g/mol. The molecule has 2 N–H and O–H groups in total. The molecule has 0 unspecified atom stereocenters. The van der Waals surface area contributed by atoms with Crippen LogP contribution in [0.3, 0.4) is 0 Å². The maximum atomic E-state index is 11.1. The minimum atomic E-state index is -0.830. The van der Waals surface area contributed by atoms with Crippen molar-refractivity contribution in [3.05, 3.63) is 43.0 Å². The van der Waals surface area contributed by atoms with E-state index in [1.807, 2.05) is 0 Å². The maximum absolute atomic E-state index is 11.1. The molecule has 2 rings (SSSR count). The van der Waals surface area contributed by atoms with Crippen LogP contribution < -0.4 is 11.1 Å². The van der Waals surface area contributed by atoms with E-state index in [-0.39, 0.29) is 11.2 Å². The fourth-order valence-corrected chi connectivity index (χ4v) is 2.02. The normalized spacial score (nSPS) is 10.6. The maximum Gasteiger partial charge on any atom is 0.314 e. The van der Waals surface area contributed by atoms with Crippen molar-refractivity contribution in [2.24, 2.45) is 0 Å². The Morgan fingerprint density at radius 3 is 2.18 bits per heavy atom. The fraction of sp³-hybridized carbons (Fsp3) is 0.111. The highest BCUT2D eigenvalue weighted by Gasteiger charge is 2.15. The van der Waals surface area contributed by atoms with Crippen molar-refractivity contribution in [3.8, 4) is 0 Å². The van der Waals surface area contributed by atoms with Gasteiger partial charge in [0.25, 0.3) is 5.69 Å². The molecule has 17 heavy (non-hydrogen) atoms. The zero-order valence-electron chi connectivity index (χ0n) is 8.64. The van der Waals surface area contributed by atoms with Crippen LogP contribution in [0.4, 0.5) is 5.69 Å². The lowest BCUT2D eigenvalue weighted by molar-refractivity contribution is -0.387. The lowest BCUT2D eigenvalue weighted by Crippen LogP contribution is -2.28. The number of aromatic amines is 2. The summed E-state index contributed by atoms with van der Waals surface area (Å²) in [6.45, 7) is 0. The molecule has 1 aromatic carbocycles. The van der Waals surface area contributed by atoms with Gasteiger partial charge in [-0.05, 0) is 12.3 Å². The number of H-pyrrole nitrogens is 2. The summed E-state index contributed by atoms with van der Waals surface area (Å²) in [6.07, 6.45) is 1.69. The third kappa shape index (κ3) is 1.94. The second kappa shape index (κ2) is 4.06. The van der Waals surface area contributed by atoms with Gasteiger partial charge in [-0.1, -0.05) is 0 Å². The molecule has 0 aliphatic heterocycles. The second-order valence-electron chi connectivity index (χ2n) is 3.23. The van der Waals surface area contributed by atoms with Crippen LogP contribution in [-0.2, 0) is 0 Å². The Balaban J connectivity index is 2.88. The van der Waals surface area contributed by atoms with Crippen molar-refractivity contribution in [2.45, 2.75) is 4.90 Å². The Bertz CT molecular complexity index is 718. The number of aromatic nitrogens is 2. The SMILES string of the molecule is CSc1cc2[nH]c(=O)c(=O)[nH]c2cc1[N+](=O)[O-]. The molecule has 0 fully saturated rings. The summed E-state index contributed by atoms with van der Waals surface area (Å²) in [5.41, 5.74) is -1.11. The van der Waals surface area contributed by atoms with E-state index >= 15 is 0 Å². The number of nitrogens with zero attached hydrogens (tertiary/aromatic N) is 1. The summed E-state index contributed by atoms with van der Waals surface area (Å²) in [7, 11) is 0. The Hall–Kier alpha value is -2.09. The molecule has 0 radical (unpaired) electrons. The van der Waals surface area contributed by atoms with Gasteiger partial charge in [0.05, 0.1) is 20.9 Å². The highest BCUT2D eigenvalue weighted by molar-refractivity contribution is 7.98. The predicted octanol–water partition coefficient (Wildman–Crippen LogP) is 0.846. The first-order chi connectivity index (χ1) is 8.02. The molecule has 0 saturated heterocycles. The van der Waals surface area contributed by atoms with Crippen molar-refractivity contribution in [3.63, 3.8) is 0 Å². The predicted molar refractivity (Wildman–Crippen MR) is 63.6 cm³/mol. The van der Waals surface area contributed by atoms with Gasteiger partial charge in [-0.2, -0.15) is 0 Å².